The number of nitrogens with zero attached hydrogens (tertiary/aromatic N) is 3. The largest absolute Gasteiger partial charge is 0.454 e. The molecule has 47 heavy (non-hydrogen) atoms. The summed E-state index contributed by atoms with van der Waals surface area (Å²) in [5.74, 6) is 0. The van der Waals surface area contributed by atoms with Gasteiger partial charge in [0.2, 0.25) is 0 Å². The maximum Gasteiger partial charge on any atom is 0.160 e. The highest BCUT2D eigenvalue weighted by atomic mass is 16.3. The molecule has 3 heterocycles. The summed E-state index contributed by atoms with van der Waals surface area (Å²) in [5.41, 5.74) is 10.7. The Bertz CT molecular complexity index is 2880. The van der Waals surface area contributed by atoms with Gasteiger partial charge in [0.15, 0.2) is 5.58 Å². The van der Waals surface area contributed by atoms with Crippen LogP contribution in [0, 0.1) is 11.3 Å². The first-order valence-electron chi connectivity index (χ1n) is 15.7. The predicted octanol–water partition coefficient (Wildman–Crippen LogP) is 11.3. The van der Waals surface area contributed by atoms with Crippen molar-refractivity contribution in [2.45, 2.75) is 0 Å². The summed E-state index contributed by atoms with van der Waals surface area (Å²) in [5, 5.41) is 17.2. The van der Waals surface area contributed by atoms with E-state index in [1.54, 1.807) is 0 Å². The molecule has 7 aromatic carbocycles. The highest BCUT2D eigenvalue weighted by Crippen LogP contribution is 2.41. The van der Waals surface area contributed by atoms with Crippen LogP contribution in [0.25, 0.3) is 88.1 Å². The Kier molecular flexibility index (Phi) is 5.32. The van der Waals surface area contributed by atoms with Crippen molar-refractivity contribution < 1.29 is 4.42 Å². The molecule has 0 radical (unpaired) electrons. The highest BCUT2D eigenvalue weighted by Gasteiger charge is 2.20. The van der Waals surface area contributed by atoms with E-state index in [0.717, 1.165) is 77.3 Å². The van der Waals surface area contributed by atoms with E-state index in [1.807, 2.05) is 30.3 Å². The fourth-order valence-corrected chi connectivity index (χ4v) is 7.50. The molecular weight excluding hydrogens is 574 g/mol. The summed E-state index contributed by atoms with van der Waals surface area (Å²) in [7, 11) is 0. The Morgan fingerprint density at radius 3 is 1.77 bits per heavy atom. The standard InChI is InChI=1S/C43H25N3O/c44-26-27-22-29(28-10-9-11-30(24-28)45-38-16-5-1-12-32(38)33-13-2-6-17-39(33)45)25-31(23-27)46-40-18-7-3-14-34(40)36-20-21-37-35-15-4-8-19-41(35)47-43(37)42(36)46/h1-25H. The lowest BCUT2D eigenvalue weighted by molar-refractivity contribution is 0.671. The summed E-state index contributed by atoms with van der Waals surface area (Å²) < 4.78 is 11.2. The van der Waals surface area contributed by atoms with Crippen molar-refractivity contribution in [3.63, 3.8) is 0 Å². The molecule has 0 fully saturated rings. The maximum atomic E-state index is 10.3. The number of benzene rings is 7. The first-order chi connectivity index (χ1) is 23.3. The minimum absolute atomic E-state index is 0.600. The second-order valence-corrected chi connectivity index (χ2v) is 12.1. The molecule has 4 nitrogen and oxygen atoms in total. The zero-order valence-electron chi connectivity index (χ0n) is 25.2. The van der Waals surface area contributed by atoms with E-state index in [9.17, 15) is 5.26 Å². The molecule has 0 unspecified atom stereocenters. The molecule has 0 amide bonds. The monoisotopic (exact) mass is 599 g/mol. The molecule has 0 saturated carbocycles. The van der Waals surface area contributed by atoms with Gasteiger partial charge in [-0.15, -0.1) is 0 Å². The Balaban J connectivity index is 1.23. The van der Waals surface area contributed by atoms with E-state index in [4.69, 9.17) is 4.42 Å². The van der Waals surface area contributed by atoms with Gasteiger partial charge in [-0.2, -0.15) is 5.26 Å². The summed E-state index contributed by atoms with van der Waals surface area (Å²) in [4.78, 5) is 0. The van der Waals surface area contributed by atoms with Gasteiger partial charge in [-0.1, -0.05) is 91.0 Å². The van der Waals surface area contributed by atoms with E-state index in [0.29, 0.717) is 5.56 Å². The third-order valence-corrected chi connectivity index (χ3v) is 9.50. The van der Waals surface area contributed by atoms with Crippen LogP contribution in [0.3, 0.4) is 0 Å². The van der Waals surface area contributed by atoms with E-state index in [1.165, 1.54) is 10.8 Å². The van der Waals surface area contributed by atoms with Crippen molar-refractivity contribution in [1.82, 2.24) is 9.13 Å². The van der Waals surface area contributed by atoms with Gasteiger partial charge in [0.1, 0.15) is 5.58 Å². The zero-order valence-corrected chi connectivity index (χ0v) is 25.2. The van der Waals surface area contributed by atoms with Crippen LogP contribution in [0.15, 0.2) is 156 Å². The molecule has 0 spiro atoms. The van der Waals surface area contributed by atoms with E-state index < -0.39 is 0 Å². The van der Waals surface area contributed by atoms with E-state index >= 15 is 0 Å². The zero-order chi connectivity index (χ0) is 31.1. The topological polar surface area (TPSA) is 46.8 Å². The molecule has 0 N–H and O–H groups in total. The van der Waals surface area contributed by atoms with Gasteiger partial charge in [0.05, 0.1) is 33.7 Å². The Labute approximate surface area is 269 Å². The number of nitriles is 1. The van der Waals surface area contributed by atoms with E-state index in [2.05, 4.69) is 137 Å². The molecule has 0 atom stereocenters. The first kappa shape index (κ1) is 25.7. The normalized spacial score (nSPS) is 11.8. The van der Waals surface area contributed by atoms with Crippen molar-refractivity contribution >= 4 is 65.6 Å². The number of aromatic nitrogens is 2. The summed E-state index contributed by atoms with van der Waals surface area (Å²) in [6.45, 7) is 0. The second-order valence-electron chi connectivity index (χ2n) is 12.1. The van der Waals surface area contributed by atoms with Gasteiger partial charge in [0.25, 0.3) is 0 Å². The van der Waals surface area contributed by atoms with Gasteiger partial charge in [-0.3, -0.25) is 0 Å². The van der Waals surface area contributed by atoms with Gasteiger partial charge >= 0.3 is 0 Å². The minimum atomic E-state index is 0.600. The lowest BCUT2D eigenvalue weighted by atomic mass is 10.0. The SMILES string of the molecule is N#Cc1cc(-c2cccc(-n3c4ccccc4c4ccccc43)c2)cc(-n2c3ccccc3c3ccc4c5ccccc5oc4c32)c1. The lowest BCUT2D eigenvalue weighted by Crippen LogP contribution is -1.97. The number of fused-ring (bicyclic) bond motifs is 10. The molecule has 0 aliphatic carbocycles. The van der Waals surface area contributed by atoms with Crippen LogP contribution >= 0.6 is 0 Å². The van der Waals surface area contributed by atoms with Crippen LogP contribution in [0.4, 0.5) is 0 Å². The average molecular weight is 600 g/mol. The van der Waals surface area contributed by atoms with Crippen molar-refractivity contribution in [2.75, 3.05) is 0 Å². The van der Waals surface area contributed by atoms with Crippen molar-refractivity contribution in [3.8, 4) is 28.6 Å². The second kappa shape index (κ2) is 9.71. The van der Waals surface area contributed by atoms with Crippen molar-refractivity contribution in [3.05, 3.63) is 157 Å². The molecule has 0 saturated heterocycles. The van der Waals surface area contributed by atoms with Gasteiger partial charge in [-0.05, 0) is 71.8 Å². The number of furan rings is 1. The molecule has 10 rings (SSSR count). The fraction of sp³-hybridized carbons (Fsp3) is 0. The first-order valence-corrected chi connectivity index (χ1v) is 15.7. The number of para-hydroxylation sites is 4. The lowest BCUT2D eigenvalue weighted by Gasteiger charge is -2.13. The summed E-state index contributed by atoms with van der Waals surface area (Å²) >= 11 is 0. The van der Waals surface area contributed by atoms with Crippen LogP contribution < -0.4 is 0 Å². The van der Waals surface area contributed by atoms with Crippen molar-refractivity contribution in [2.24, 2.45) is 0 Å². The fourth-order valence-electron chi connectivity index (χ4n) is 7.50. The molecule has 0 aliphatic rings. The molecule has 218 valence electrons. The highest BCUT2D eigenvalue weighted by molar-refractivity contribution is 6.21. The number of hydrogen-bond donors (Lipinski definition) is 0. The van der Waals surface area contributed by atoms with Gasteiger partial charge < -0.3 is 13.6 Å². The average Bonchev–Trinajstić information content (AvgIpc) is 3.79. The quantitative estimate of drug-likeness (QED) is 0.203. The molecular formula is C43H25N3O. The third-order valence-electron chi connectivity index (χ3n) is 9.50. The Hall–Kier alpha value is -6.57. The summed E-state index contributed by atoms with van der Waals surface area (Å²) in [6, 6.07) is 55.3. The van der Waals surface area contributed by atoms with E-state index in [-0.39, 0.29) is 0 Å². The van der Waals surface area contributed by atoms with Crippen LogP contribution in [-0.4, -0.2) is 9.13 Å². The number of hydrogen-bond acceptors (Lipinski definition) is 2. The van der Waals surface area contributed by atoms with Crippen LogP contribution in [-0.2, 0) is 0 Å². The van der Waals surface area contributed by atoms with Crippen molar-refractivity contribution in [1.29, 1.82) is 5.26 Å². The molecule has 0 bridgehead atoms. The molecule has 3 aromatic heterocycles. The van der Waals surface area contributed by atoms with Gasteiger partial charge in [-0.25, -0.2) is 0 Å². The van der Waals surface area contributed by atoms with Gasteiger partial charge in [0, 0.05) is 43.7 Å². The van der Waals surface area contributed by atoms with Crippen LogP contribution in [0.5, 0.6) is 0 Å². The molecule has 4 heteroatoms. The molecule has 10 aromatic rings. The minimum Gasteiger partial charge on any atom is -0.454 e. The Morgan fingerprint density at radius 2 is 1.04 bits per heavy atom. The third kappa shape index (κ3) is 3.69. The smallest absolute Gasteiger partial charge is 0.160 e. The Morgan fingerprint density at radius 1 is 0.447 bits per heavy atom. The molecule has 0 aliphatic heterocycles. The summed E-state index contributed by atoms with van der Waals surface area (Å²) in [6.07, 6.45) is 0. The number of rotatable bonds is 3. The van der Waals surface area contributed by atoms with Crippen LogP contribution in [0.1, 0.15) is 5.56 Å². The predicted molar refractivity (Wildman–Crippen MR) is 193 cm³/mol. The van der Waals surface area contributed by atoms with Crippen LogP contribution in [0.2, 0.25) is 0 Å². The maximum absolute atomic E-state index is 10.3.